The molecule has 1 aliphatic rings. The predicted molar refractivity (Wildman–Crippen MR) is 47.6 cm³/mol. The molecule has 0 spiro atoms. The predicted octanol–water partition coefficient (Wildman–Crippen LogP) is 1.19. The summed E-state index contributed by atoms with van der Waals surface area (Å²) in [6.45, 7) is 2.06. The summed E-state index contributed by atoms with van der Waals surface area (Å²) in [4.78, 5) is 3.70. The van der Waals surface area contributed by atoms with E-state index in [4.69, 9.17) is 5.73 Å². The van der Waals surface area contributed by atoms with Crippen LogP contribution in [0.1, 0.15) is 16.5 Å². The van der Waals surface area contributed by atoms with Gasteiger partial charge in [0.05, 0.1) is 0 Å². The normalized spacial score (nSPS) is 25.1. The van der Waals surface area contributed by atoms with Gasteiger partial charge in [0.2, 0.25) is 0 Å². The third-order valence-corrected chi connectivity index (χ3v) is 3.02. The smallest absolute Gasteiger partial charge is 0.0435 e. The molecule has 0 fully saturated rings. The van der Waals surface area contributed by atoms with Gasteiger partial charge >= 0.3 is 0 Å². The summed E-state index contributed by atoms with van der Waals surface area (Å²) >= 11 is 1.81. The molecule has 2 N–H and O–H groups in total. The number of nitrogens with zero attached hydrogens (tertiary/aromatic N) is 1. The molecule has 0 aromatic carbocycles. The first-order chi connectivity index (χ1) is 5.27. The highest BCUT2D eigenvalue weighted by Gasteiger charge is 2.20. The van der Waals surface area contributed by atoms with Crippen molar-refractivity contribution in [3.63, 3.8) is 0 Å². The van der Waals surface area contributed by atoms with Gasteiger partial charge in [-0.2, -0.15) is 0 Å². The summed E-state index contributed by atoms with van der Waals surface area (Å²) < 4.78 is 0. The fraction of sp³-hybridized carbons (Fsp3) is 0.500. The van der Waals surface area contributed by atoms with Crippen molar-refractivity contribution in [3.8, 4) is 0 Å². The van der Waals surface area contributed by atoms with Crippen LogP contribution in [0.5, 0.6) is 0 Å². The Balaban J connectivity index is 2.36. The SMILES string of the molecule is CN1Cc2sccc2C(N)C1. The second kappa shape index (κ2) is 2.59. The average molecular weight is 168 g/mol. The molecule has 3 heteroatoms. The summed E-state index contributed by atoms with van der Waals surface area (Å²) in [6, 6.07) is 2.38. The maximum atomic E-state index is 5.95. The van der Waals surface area contributed by atoms with Gasteiger partial charge in [-0.05, 0) is 24.1 Å². The van der Waals surface area contributed by atoms with E-state index in [1.54, 1.807) is 0 Å². The van der Waals surface area contributed by atoms with Gasteiger partial charge in [-0.15, -0.1) is 11.3 Å². The Labute approximate surface area is 70.6 Å². The Morgan fingerprint density at radius 1 is 1.73 bits per heavy atom. The zero-order valence-electron chi connectivity index (χ0n) is 6.58. The lowest BCUT2D eigenvalue weighted by Crippen LogP contribution is -2.33. The van der Waals surface area contributed by atoms with E-state index in [2.05, 4.69) is 23.4 Å². The van der Waals surface area contributed by atoms with Crippen molar-refractivity contribution >= 4 is 11.3 Å². The van der Waals surface area contributed by atoms with Crippen LogP contribution in [-0.4, -0.2) is 18.5 Å². The second-order valence-electron chi connectivity index (χ2n) is 3.10. The van der Waals surface area contributed by atoms with Crippen molar-refractivity contribution in [3.05, 3.63) is 21.9 Å². The number of thiophene rings is 1. The molecule has 1 aliphatic heterocycles. The molecule has 1 aromatic rings. The lowest BCUT2D eigenvalue weighted by molar-refractivity contribution is 0.287. The standard InChI is InChI=1S/C8H12N2S/c1-10-4-7(9)6-2-3-11-8(6)5-10/h2-3,7H,4-5,9H2,1H3. The molecule has 11 heavy (non-hydrogen) atoms. The van der Waals surface area contributed by atoms with Crippen molar-refractivity contribution in [1.82, 2.24) is 4.90 Å². The Bertz CT molecular complexity index is 256. The van der Waals surface area contributed by atoms with E-state index >= 15 is 0 Å². The number of fused-ring (bicyclic) bond motifs is 1. The Morgan fingerprint density at radius 2 is 2.55 bits per heavy atom. The molecule has 0 saturated carbocycles. The van der Waals surface area contributed by atoms with Gasteiger partial charge in [0.25, 0.3) is 0 Å². The fourth-order valence-corrected chi connectivity index (χ4v) is 2.58. The van der Waals surface area contributed by atoms with E-state index in [0.29, 0.717) is 0 Å². The van der Waals surface area contributed by atoms with E-state index in [-0.39, 0.29) is 6.04 Å². The first-order valence-electron chi connectivity index (χ1n) is 3.78. The largest absolute Gasteiger partial charge is 0.323 e. The number of likely N-dealkylation sites (N-methyl/N-ethyl adjacent to an activating group) is 1. The van der Waals surface area contributed by atoms with Crippen molar-refractivity contribution in [1.29, 1.82) is 0 Å². The van der Waals surface area contributed by atoms with Gasteiger partial charge in [0.15, 0.2) is 0 Å². The van der Waals surface area contributed by atoms with Crippen LogP contribution in [0.4, 0.5) is 0 Å². The van der Waals surface area contributed by atoms with Crippen LogP contribution in [0.2, 0.25) is 0 Å². The van der Waals surface area contributed by atoms with E-state index in [9.17, 15) is 0 Å². The molecule has 1 unspecified atom stereocenters. The molecule has 2 heterocycles. The van der Waals surface area contributed by atoms with E-state index in [1.807, 2.05) is 11.3 Å². The number of hydrogen-bond acceptors (Lipinski definition) is 3. The summed E-state index contributed by atoms with van der Waals surface area (Å²) in [5.41, 5.74) is 7.30. The van der Waals surface area contributed by atoms with Crippen molar-refractivity contribution in [2.24, 2.45) is 5.73 Å². The van der Waals surface area contributed by atoms with Gasteiger partial charge in [0, 0.05) is 24.0 Å². The molecule has 0 bridgehead atoms. The van der Waals surface area contributed by atoms with Crippen LogP contribution >= 0.6 is 11.3 Å². The highest BCUT2D eigenvalue weighted by atomic mass is 32.1. The quantitative estimate of drug-likeness (QED) is 0.630. The zero-order chi connectivity index (χ0) is 7.84. The number of nitrogens with two attached hydrogens (primary N) is 1. The molecule has 0 saturated heterocycles. The highest BCUT2D eigenvalue weighted by molar-refractivity contribution is 7.10. The molecule has 2 rings (SSSR count). The summed E-state index contributed by atoms with van der Waals surface area (Å²) in [6.07, 6.45) is 0. The molecular formula is C8H12N2S. The van der Waals surface area contributed by atoms with Gasteiger partial charge in [-0.3, -0.25) is 4.90 Å². The number of hydrogen-bond donors (Lipinski definition) is 1. The lowest BCUT2D eigenvalue weighted by atomic mass is 10.1. The minimum absolute atomic E-state index is 0.231. The topological polar surface area (TPSA) is 29.3 Å². The average Bonchev–Trinajstić information content (AvgIpc) is 2.34. The molecule has 0 aliphatic carbocycles. The van der Waals surface area contributed by atoms with E-state index in [1.165, 1.54) is 10.4 Å². The van der Waals surface area contributed by atoms with Gasteiger partial charge < -0.3 is 5.73 Å². The molecule has 2 nitrogen and oxygen atoms in total. The third-order valence-electron chi connectivity index (χ3n) is 2.10. The minimum Gasteiger partial charge on any atom is -0.323 e. The Kier molecular flexibility index (Phi) is 1.71. The monoisotopic (exact) mass is 168 g/mol. The first kappa shape index (κ1) is 7.28. The van der Waals surface area contributed by atoms with Crippen LogP contribution in [0.25, 0.3) is 0 Å². The van der Waals surface area contributed by atoms with Gasteiger partial charge in [-0.1, -0.05) is 0 Å². The summed E-state index contributed by atoms with van der Waals surface area (Å²) in [5.74, 6) is 0. The maximum absolute atomic E-state index is 5.95. The first-order valence-corrected chi connectivity index (χ1v) is 4.65. The van der Waals surface area contributed by atoms with Gasteiger partial charge in [0.1, 0.15) is 0 Å². The second-order valence-corrected chi connectivity index (χ2v) is 4.10. The molecule has 60 valence electrons. The van der Waals surface area contributed by atoms with E-state index in [0.717, 1.165) is 13.1 Å². The Morgan fingerprint density at radius 3 is 3.36 bits per heavy atom. The summed E-state index contributed by atoms with van der Waals surface area (Å²) in [7, 11) is 2.11. The third kappa shape index (κ3) is 1.20. The maximum Gasteiger partial charge on any atom is 0.0435 e. The van der Waals surface area contributed by atoms with Crippen LogP contribution in [0.3, 0.4) is 0 Å². The number of rotatable bonds is 0. The molecule has 0 amide bonds. The lowest BCUT2D eigenvalue weighted by Gasteiger charge is -2.27. The van der Waals surface area contributed by atoms with Crippen LogP contribution in [0, 0.1) is 0 Å². The summed E-state index contributed by atoms with van der Waals surface area (Å²) in [5, 5.41) is 2.13. The van der Waals surface area contributed by atoms with Gasteiger partial charge in [-0.25, -0.2) is 0 Å². The van der Waals surface area contributed by atoms with Crippen LogP contribution in [-0.2, 0) is 6.54 Å². The Hall–Kier alpha value is -0.380. The van der Waals surface area contributed by atoms with Crippen LogP contribution < -0.4 is 5.73 Å². The highest BCUT2D eigenvalue weighted by Crippen LogP contribution is 2.27. The molecule has 1 atom stereocenters. The minimum atomic E-state index is 0.231. The van der Waals surface area contributed by atoms with Crippen molar-refractivity contribution in [2.45, 2.75) is 12.6 Å². The molecular weight excluding hydrogens is 156 g/mol. The van der Waals surface area contributed by atoms with E-state index < -0.39 is 0 Å². The fourth-order valence-electron chi connectivity index (χ4n) is 1.55. The van der Waals surface area contributed by atoms with Crippen molar-refractivity contribution < 1.29 is 0 Å². The van der Waals surface area contributed by atoms with Crippen LogP contribution in [0.15, 0.2) is 11.4 Å². The molecule has 0 radical (unpaired) electrons. The molecule has 1 aromatic heterocycles. The zero-order valence-corrected chi connectivity index (χ0v) is 7.40. The van der Waals surface area contributed by atoms with Crippen molar-refractivity contribution in [2.75, 3.05) is 13.6 Å².